The second kappa shape index (κ2) is 7.47. The van der Waals surface area contributed by atoms with Gasteiger partial charge in [-0.05, 0) is 24.3 Å². The van der Waals surface area contributed by atoms with Gasteiger partial charge in [0.2, 0.25) is 6.10 Å². The second-order valence-electron chi connectivity index (χ2n) is 5.80. The lowest BCUT2D eigenvalue weighted by Gasteiger charge is -2.23. The van der Waals surface area contributed by atoms with Crippen molar-refractivity contribution < 1.29 is 28.2 Å². The Labute approximate surface area is 160 Å². The Morgan fingerprint density at radius 3 is 2.46 bits per heavy atom. The molecule has 28 heavy (non-hydrogen) atoms. The highest BCUT2D eigenvalue weighted by atomic mass is 16.6. The Kier molecular flexibility index (Phi) is 4.71. The van der Waals surface area contributed by atoms with E-state index >= 15 is 0 Å². The summed E-state index contributed by atoms with van der Waals surface area (Å²) in [7, 11) is 2.93. The maximum absolute atomic E-state index is 12.7. The van der Waals surface area contributed by atoms with E-state index in [-0.39, 0.29) is 24.1 Å². The van der Waals surface area contributed by atoms with Crippen LogP contribution in [0.25, 0.3) is 0 Å². The van der Waals surface area contributed by atoms with Crippen molar-refractivity contribution in [1.82, 2.24) is 10.2 Å². The first-order valence-electron chi connectivity index (χ1n) is 8.44. The van der Waals surface area contributed by atoms with Crippen molar-refractivity contribution in [3.63, 3.8) is 0 Å². The quantitative estimate of drug-likeness (QED) is 0.717. The maximum Gasteiger partial charge on any atom is 0.322 e. The minimum absolute atomic E-state index is 0.0737. The van der Waals surface area contributed by atoms with Crippen LogP contribution in [0.3, 0.4) is 0 Å². The van der Waals surface area contributed by atoms with E-state index in [4.69, 9.17) is 23.4 Å². The van der Waals surface area contributed by atoms with Gasteiger partial charge in [-0.1, -0.05) is 23.3 Å². The fraction of sp³-hybridized carbons (Fsp3) is 0.211. The minimum Gasteiger partial charge on any atom is -0.496 e. The van der Waals surface area contributed by atoms with Crippen LogP contribution in [0.1, 0.15) is 22.4 Å². The number of benzene rings is 2. The van der Waals surface area contributed by atoms with Gasteiger partial charge in [-0.15, -0.1) is 5.10 Å². The van der Waals surface area contributed by atoms with Gasteiger partial charge in [0.25, 0.3) is 11.8 Å². The van der Waals surface area contributed by atoms with Gasteiger partial charge in [0.15, 0.2) is 11.5 Å². The molecule has 3 aromatic rings. The Bertz CT molecular complexity index is 981. The third-order valence-corrected chi connectivity index (χ3v) is 4.10. The predicted octanol–water partition coefficient (Wildman–Crippen LogP) is 2.85. The smallest absolute Gasteiger partial charge is 0.322 e. The lowest BCUT2D eigenvalue weighted by molar-refractivity contribution is 0.0716. The molecule has 1 aliphatic rings. The van der Waals surface area contributed by atoms with Crippen molar-refractivity contribution in [2.75, 3.05) is 26.1 Å². The van der Waals surface area contributed by atoms with E-state index in [0.29, 0.717) is 23.0 Å². The molecule has 0 bridgehead atoms. The highest BCUT2D eigenvalue weighted by Gasteiger charge is 2.28. The number of para-hydroxylation sites is 2. The number of aromatic nitrogens is 2. The van der Waals surface area contributed by atoms with Crippen LogP contribution in [0, 0.1) is 0 Å². The molecular formula is C19H17N3O6. The maximum atomic E-state index is 12.7. The van der Waals surface area contributed by atoms with Crippen molar-refractivity contribution >= 4 is 11.9 Å². The Hall–Kier alpha value is -3.75. The predicted molar refractivity (Wildman–Crippen MR) is 97.1 cm³/mol. The van der Waals surface area contributed by atoms with Crippen molar-refractivity contribution in [2.45, 2.75) is 6.10 Å². The molecule has 0 fully saturated rings. The molecule has 1 N–H and O–H groups in total. The van der Waals surface area contributed by atoms with Crippen LogP contribution in [0.4, 0.5) is 6.01 Å². The number of nitrogens with one attached hydrogen (secondary N) is 1. The molecule has 0 saturated heterocycles. The first kappa shape index (κ1) is 17.7. The van der Waals surface area contributed by atoms with Gasteiger partial charge in [-0.25, -0.2) is 0 Å². The van der Waals surface area contributed by atoms with Gasteiger partial charge in [0, 0.05) is 0 Å². The van der Waals surface area contributed by atoms with Crippen molar-refractivity contribution in [1.29, 1.82) is 0 Å². The topological polar surface area (TPSA) is 105 Å². The monoisotopic (exact) mass is 383 g/mol. The summed E-state index contributed by atoms with van der Waals surface area (Å²) in [6.45, 7) is 0.215. The van der Waals surface area contributed by atoms with E-state index < -0.39 is 12.0 Å². The molecule has 0 saturated carbocycles. The molecule has 144 valence electrons. The molecule has 0 radical (unpaired) electrons. The summed E-state index contributed by atoms with van der Waals surface area (Å²) < 4.78 is 27.5. The van der Waals surface area contributed by atoms with Gasteiger partial charge < -0.3 is 23.4 Å². The minimum atomic E-state index is -0.575. The summed E-state index contributed by atoms with van der Waals surface area (Å²) in [6, 6.07) is 12.2. The van der Waals surface area contributed by atoms with Crippen LogP contribution in [-0.2, 0) is 0 Å². The highest BCUT2D eigenvalue weighted by molar-refractivity contribution is 6.07. The molecule has 9 heteroatoms. The number of hydrogen-bond acceptors (Lipinski definition) is 8. The summed E-state index contributed by atoms with van der Waals surface area (Å²) in [5.41, 5.74) is 0.221. The van der Waals surface area contributed by atoms with E-state index in [1.54, 1.807) is 24.3 Å². The number of carbonyl (C=O) groups excluding carboxylic acids is 1. The number of rotatable bonds is 5. The molecule has 1 aliphatic heterocycles. The number of amides is 1. The van der Waals surface area contributed by atoms with Crippen LogP contribution >= 0.6 is 0 Å². The lowest BCUT2D eigenvalue weighted by Crippen LogP contribution is -2.21. The van der Waals surface area contributed by atoms with Gasteiger partial charge >= 0.3 is 6.01 Å². The first-order chi connectivity index (χ1) is 13.7. The molecular weight excluding hydrogens is 366 g/mol. The average Bonchev–Trinajstić information content (AvgIpc) is 3.21. The van der Waals surface area contributed by atoms with E-state index in [1.165, 1.54) is 14.2 Å². The summed E-state index contributed by atoms with van der Waals surface area (Å²) in [4.78, 5) is 12.7. The molecule has 1 aromatic heterocycles. The zero-order valence-electron chi connectivity index (χ0n) is 15.2. The third kappa shape index (κ3) is 3.29. The Balaban J connectivity index is 1.51. The number of fused-ring (bicyclic) bond motifs is 1. The number of hydrogen-bond donors (Lipinski definition) is 1. The molecule has 2 heterocycles. The molecule has 1 amide bonds. The van der Waals surface area contributed by atoms with Crippen LogP contribution in [-0.4, -0.2) is 36.9 Å². The number of ether oxygens (including phenoxy) is 4. The van der Waals surface area contributed by atoms with Crippen LogP contribution in [0.2, 0.25) is 0 Å². The van der Waals surface area contributed by atoms with Crippen LogP contribution in [0.15, 0.2) is 46.9 Å². The van der Waals surface area contributed by atoms with Gasteiger partial charge in [0.05, 0.1) is 14.2 Å². The van der Waals surface area contributed by atoms with Crippen LogP contribution < -0.4 is 24.3 Å². The lowest BCUT2D eigenvalue weighted by atomic mass is 10.1. The molecule has 9 nitrogen and oxygen atoms in total. The third-order valence-electron chi connectivity index (χ3n) is 4.10. The molecule has 0 spiro atoms. The zero-order chi connectivity index (χ0) is 19.5. The number of methoxy groups -OCH3 is 2. The number of carbonyl (C=O) groups is 1. The highest BCUT2D eigenvalue weighted by Crippen LogP contribution is 2.36. The number of anilines is 1. The van der Waals surface area contributed by atoms with Gasteiger partial charge in [0.1, 0.15) is 23.7 Å². The molecule has 2 aromatic carbocycles. The molecule has 1 atom stereocenters. The Morgan fingerprint density at radius 1 is 1.04 bits per heavy atom. The van der Waals surface area contributed by atoms with Crippen molar-refractivity contribution in [2.24, 2.45) is 0 Å². The number of nitrogens with zero attached hydrogens (tertiary/aromatic N) is 2. The van der Waals surface area contributed by atoms with Crippen molar-refractivity contribution in [3.05, 3.63) is 53.9 Å². The first-order valence-corrected chi connectivity index (χ1v) is 8.44. The van der Waals surface area contributed by atoms with E-state index in [2.05, 4.69) is 15.5 Å². The standard InChI is InChI=1S/C19H17N3O6/c1-24-13-8-5-9-14(25-2)16(13)17(23)20-19-22-21-18(28-19)15-10-26-11-6-3-4-7-12(11)27-15/h3-9,15H,10H2,1-2H3,(H,20,22,23)/t15-/m1/s1. The normalized spacial score (nSPS) is 15.0. The second-order valence-corrected chi connectivity index (χ2v) is 5.80. The van der Waals surface area contributed by atoms with Gasteiger partial charge in [-0.2, -0.15) is 0 Å². The van der Waals surface area contributed by atoms with E-state index in [1.807, 2.05) is 18.2 Å². The summed E-state index contributed by atoms with van der Waals surface area (Å²) in [5.74, 6) is 1.64. The van der Waals surface area contributed by atoms with Crippen LogP contribution in [0.5, 0.6) is 23.0 Å². The van der Waals surface area contributed by atoms with E-state index in [0.717, 1.165) is 0 Å². The van der Waals surface area contributed by atoms with E-state index in [9.17, 15) is 4.79 Å². The zero-order valence-corrected chi connectivity index (χ0v) is 15.2. The average molecular weight is 383 g/mol. The fourth-order valence-corrected chi connectivity index (χ4v) is 2.79. The van der Waals surface area contributed by atoms with Crippen molar-refractivity contribution in [3.8, 4) is 23.0 Å². The summed E-state index contributed by atoms with van der Waals surface area (Å²) in [5, 5.41) is 10.4. The molecule has 0 aliphatic carbocycles. The summed E-state index contributed by atoms with van der Waals surface area (Å²) in [6.07, 6.45) is -0.575. The largest absolute Gasteiger partial charge is 0.496 e. The fourth-order valence-electron chi connectivity index (χ4n) is 2.79. The summed E-state index contributed by atoms with van der Waals surface area (Å²) >= 11 is 0. The van der Waals surface area contributed by atoms with Gasteiger partial charge in [-0.3, -0.25) is 10.1 Å². The SMILES string of the molecule is COc1cccc(OC)c1C(=O)Nc1nnc([C@H]2COc3ccccc3O2)o1. The Morgan fingerprint density at radius 2 is 1.75 bits per heavy atom. The molecule has 0 unspecified atom stereocenters. The molecule has 4 rings (SSSR count).